The lowest BCUT2D eigenvalue weighted by Crippen LogP contribution is -2.32. The third-order valence-corrected chi connectivity index (χ3v) is 5.31. The molecule has 0 atom stereocenters. The van der Waals surface area contributed by atoms with Crippen molar-refractivity contribution in [2.45, 2.75) is 36.7 Å². The molecule has 0 N–H and O–H groups in total. The van der Waals surface area contributed by atoms with Gasteiger partial charge in [0.25, 0.3) is 0 Å². The first kappa shape index (κ1) is 14.7. The van der Waals surface area contributed by atoms with Gasteiger partial charge in [-0.3, -0.25) is 4.79 Å². The van der Waals surface area contributed by atoms with Crippen molar-refractivity contribution in [3.8, 4) is 0 Å². The van der Waals surface area contributed by atoms with Gasteiger partial charge < -0.3 is 4.90 Å². The van der Waals surface area contributed by atoms with Crippen molar-refractivity contribution in [1.82, 2.24) is 4.90 Å². The third-order valence-electron chi connectivity index (χ3n) is 3.57. The summed E-state index contributed by atoms with van der Waals surface area (Å²) < 4.78 is 0. The number of carbonyl (C=O) groups excluding carboxylic acids is 1. The zero-order valence-corrected chi connectivity index (χ0v) is 13.5. The Morgan fingerprint density at radius 3 is 2.71 bits per heavy atom. The molecule has 0 spiro atoms. The van der Waals surface area contributed by atoms with Crippen LogP contribution in [0.2, 0.25) is 0 Å². The van der Waals surface area contributed by atoms with Crippen LogP contribution in [0.5, 0.6) is 0 Å². The van der Waals surface area contributed by atoms with Crippen LogP contribution >= 0.6 is 23.1 Å². The Morgan fingerprint density at radius 2 is 2.05 bits per heavy atom. The normalized spacial score (nSPS) is 14.1. The summed E-state index contributed by atoms with van der Waals surface area (Å²) in [6.45, 7) is 0.781. The monoisotopic (exact) mass is 317 g/mol. The molecular weight excluding hydrogens is 298 g/mol. The van der Waals surface area contributed by atoms with Gasteiger partial charge in [0.2, 0.25) is 5.91 Å². The number of amides is 1. The topological polar surface area (TPSA) is 20.3 Å². The van der Waals surface area contributed by atoms with Crippen LogP contribution < -0.4 is 0 Å². The van der Waals surface area contributed by atoms with Crippen LogP contribution in [0.3, 0.4) is 0 Å². The molecule has 0 aliphatic heterocycles. The molecule has 1 amide bonds. The molecule has 1 aromatic carbocycles. The average Bonchev–Trinajstić information content (AvgIpc) is 3.22. The summed E-state index contributed by atoms with van der Waals surface area (Å²) in [6.07, 6.45) is 2.96. The summed E-state index contributed by atoms with van der Waals surface area (Å²) in [5, 5.41) is 4.22. The molecule has 4 heteroatoms. The Morgan fingerprint density at radius 1 is 1.24 bits per heavy atom. The van der Waals surface area contributed by atoms with E-state index in [0.29, 0.717) is 18.4 Å². The van der Waals surface area contributed by atoms with Crippen LogP contribution in [0.25, 0.3) is 0 Å². The quantitative estimate of drug-likeness (QED) is 0.705. The lowest BCUT2D eigenvalue weighted by Gasteiger charge is -2.22. The van der Waals surface area contributed by atoms with Crippen molar-refractivity contribution >= 4 is 29.0 Å². The molecule has 1 aliphatic rings. The second-order valence-electron chi connectivity index (χ2n) is 5.30. The lowest BCUT2D eigenvalue weighted by molar-refractivity contribution is -0.131. The van der Waals surface area contributed by atoms with Gasteiger partial charge in [-0.25, -0.2) is 0 Å². The molecule has 1 aromatic heterocycles. The Kier molecular flexibility index (Phi) is 4.99. The Bertz CT molecular complexity index is 564. The highest BCUT2D eigenvalue weighted by Gasteiger charge is 2.32. The van der Waals surface area contributed by atoms with Crippen LogP contribution in [-0.4, -0.2) is 22.6 Å². The van der Waals surface area contributed by atoms with Crippen molar-refractivity contribution in [1.29, 1.82) is 0 Å². The molecule has 1 heterocycles. The van der Waals surface area contributed by atoms with Gasteiger partial charge in [0, 0.05) is 29.7 Å². The summed E-state index contributed by atoms with van der Waals surface area (Å²) in [5.41, 5.74) is 1.26. The van der Waals surface area contributed by atoms with E-state index in [1.165, 1.54) is 23.3 Å². The summed E-state index contributed by atoms with van der Waals surface area (Å²) in [4.78, 5) is 15.8. The van der Waals surface area contributed by atoms with E-state index in [2.05, 4.69) is 33.9 Å². The zero-order valence-electron chi connectivity index (χ0n) is 11.9. The molecular formula is C17H19NOS2. The predicted octanol–water partition coefficient (Wildman–Crippen LogP) is 4.42. The molecule has 0 unspecified atom stereocenters. The maximum Gasteiger partial charge on any atom is 0.223 e. The Hall–Kier alpha value is -1.26. The second-order valence-corrected chi connectivity index (χ2v) is 7.24. The van der Waals surface area contributed by atoms with Crippen molar-refractivity contribution in [3.63, 3.8) is 0 Å². The molecule has 110 valence electrons. The number of nitrogens with zero attached hydrogens (tertiary/aromatic N) is 1. The fraction of sp³-hybridized carbons (Fsp3) is 0.353. The molecule has 21 heavy (non-hydrogen) atoms. The molecule has 0 bridgehead atoms. The number of thiophene rings is 1. The van der Waals surface area contributed by atoms with Gasteiger partial charge in [-0.1, -0.05) is 18.2 Å². The molecule has 2 aromatic rings. The van der Waals surface area contributed by atoms with Gasteiger partial charge >= 0.3 is 0 Å². The minimum absolute atomic E-state index is 0.298. The maximum absolute atomic E-state index is 12.5. The van der Waals surface area contributed by atoms with E-state index in [0.717, 1.165) is 12.3 Å². The third kappa shape index (κ3) is 4.35. The zero-order chi connectivity index (χ0) is 14.5. The Balaban J connectivity index is 1.50. The smallest absolute Gasteiger partial charge is 0.223 e. The number of thioether (sulfide) groups is 1. The minimum Gasteiger partial charge on any atom is -0.335 e. The van der Waals surface area contributed by atoms with Gasteiger partial charge in [-0.05, 0) is 47.4 Å². The van der Waals surface area contributed by atoms with Gasteiger partial charge in [0.05, 0.1) is 0 Å². The van der Waals surface area contributed by atoms with Crippen LogP contribution in [0, 0.1) is 0 Å². The van der Waals surface area contributed by atoms with Gasteiger partial charge in [0.1, 0.15) is 0 Å². The van der Waals surface area contributed by atoms with E-state index >= 15 is 0 Å². The first-order valence-corrected chi connectivity index (χ1v) is 9.24. The predicted molar refractivity (Wildman–Crippen MR) is 89.7 cm³/mol. The Labute approximate surface area is 134 Å². The fourth-order valence-corrected chi connectivity index (χ4v) is 3.82. The summed E-state index contributed by atoms with van der Waals surface area (Å²) >= 11 is 3.46. The second kappa shape index (κ2) is 7.14. The maximum atomic E-state index is 12.5. The van der Waals surface area contributed by atoms with E-state index in [4.69, 9.17) is 0 Å². The molecule has 0 saturated heterocycles. The number of carbonyl (C=O) groups is 1. The number of hydrogen-bond acceptors (Lipinski definition) is 3. The van der Waals surface area contributed by atoms with Crippen LogP contribution in [-0.2, 0) is 11.3 Å². The van der Waals surface area contributed by atoms with Gasteiger partial charge in [-0.15, -0.1) is 11.8 Å². The molecule has 1 saturated carbocycles. The SMILES string of the molecule is O=C(CCSc1ccccc1)N(Cc1ccsc1)C1CC1. The highest BCUT2D eigenvalue weighted by atomic mass is 32.2. The molecule has 1 aliphatic carbocycles. The molecule has 0 radical (unpaired) electrons. The highest BCUT2D eigenvalue weighted by molar-refractivity contribution is 7.99. The van der Waals surface area contributed by atoms with E-state index in [1.807, 2.05) is 18.2 Å². The molecule has 3 rings (SSSR count). The van der Waals surface area contributed by atoms with Crippen LogP contribution in [0.15, 0.2) is 52.1 Å². The minimum atomic E-state index is 0.298. The van der Waals surface area contributed by atoms with E-state index in [9.17, 15) is 4.79 Å². The fourth-order valence-electron chi connectivity index (χ4n) is 2.30. The number of benzene rings is 1. The molecule has 1 fully saturated rings. The highest BCUT2D eigenvalue weighted by Crippen LogP contribution is 2.30. The van der Waals surface area contributed by atoms with Crippen molar-refractivity contribution in [3.05, 3.63) is 52.7 Å². The summed E-state index contributed by atoms with van der Waals surface area (Å²) in [7, 11) is 0. The van der Waals surface area contributed by atoms with E-state index in [1.54, 1.807) is 23.1 Å². The number of rotatable bonds is 7. The van der Waals surface area contributed by atoms with Gasteiger partial charge in [0.15, 0.2) is 0 Å². The summed E-state index contributed by atoms with van der Waals surface area (Å²) in [6, 6.07) is 12.9. The largest absolute Gasteiger partial charge is 0.335 e. The van der Waals surface area contributed by atoms with Crippen molar-refractivity contribution in [2.75, 3.05) is 5.75 Å². The standard InChI is InChI=1S/C17H19NOS2/c19-17(9-11-21-16-4-2-1-3-5-16)18(15-6-7-15)12-14-8-10-20-13-14/h1-5,8,10,13,15H,6-7,9,11-12H2. The lowest BCUT2D eigenvalue weighted by atomic mass is 10.3. The average molecular weight is 317 g/mol. The van der Waals surface area contributed by atoms with Crippen LogP contribution in [0.4, 0.5) is 0 Å². The van der Waals surface area contributed by atoms with E-state index < -0.39 is 0 Å². The van der Waals surface area contributed by atoms with Gasteiger partial charge in [-0.2, -0.15) is 11.3 Å². The van der Waals surface area contributed by atoms with Crippen LogP contribution in [0.1, 0.15) is 24.8 Å². The first-order chi connectivity index (χ1) is 10.3. The van der Waals surface area contributed by atoms with E-state index in [-0.39, 0.29) is 0 Å². The summed E-state index contributed by atoms with van der Waals surface area (Å²) in [5.74, 6) is 1.16. The van der Waals surface area contributed by atoms with Crippen molar-refractivity contribution in [2.24, 2.45) is 0 Å². The molecule has 2 nitrogen and oxygen atoms in total. The number of hydrogen-bond donors (Lipinski definition) is 0. The first-order valence-electron chi connectivity index (χ1n) is 7.31. The van der Waals surface area contributed by atoms with Crippen molar-refractivity contribution < 1.29 is 4.79 Å².